The van der Waals surface area contributed by atoms with Crippen molar-refractivity contribution < 1.29 is 4.74 Å². The molecule has 1 heterocycles. The first kappa shape index (κ1) is 11.9. The molecule has 3 N–H and O–H groups in total. The SMILES string of the molecule is CC1CCCC(Oc2ncccc2C(=N)N)C1. The third-order valence-electron chi connectivity index (χ3n) is 3.23. The van der Waals surface area contributed by atoms with E-state index in [2.05, 4.69) is 11.9 Å². The van der Waals surface area contributed by atoms with Crippen molar-refractivity contribution in [2.75, 3.05) is 0 Å². The van der Waals surface area contributed by atoms with E-state index in [4.69, 9.17) is 15.9 Å². The molecule has 2 atom stereocenters. The first-order valence-corrected chi connectivity index (χ1v) is 6.13. The number of pyridine rings is 1. The number of hydrogen-bond acceptors (Lipinski definition) is 3. The highest BCUT2D eigenvalue weighted by Gasteiger charge is 2.21. The quantitative estimate of drug-likeness (QED) is 0.621. The van der Waals surface area contributed by atoms with Gasteiger partial charge in [-0.3, -0.25) is 5.41 Å². The highest BCUT2D eigenvalue weighted by Crippen LogP contribution is 2.27. The molecular formula is C13H19N3O. The minimum atomic E-state index is 0.0111. The summed E-state index contributed by atoms with van der Waals surface area (Å²) in [5, 5.41) is 7.49. The summed E-state index contributed by atoms with van der Waals surface area (Å²) in [6, 6.07) is 3.55. The van der Waals surface area contributed by atoms with Gasteiger partial charge in [-0.05, 0) is 37.3 Å². The molecule has 1 fully saturated rings. The van der Waals surface area contributed by atoms with Gasteiger partial charge in [0.15, 0.2) is 0 Å². The van der Waals surface area contributed by atoms with Gasteiger partial charge in [0.25, 0.3) is 0 Å². The number of nitrogens with zero attached hydrogens (tertiary/aromatic N) is 1. The van der Waals surface area contributed by atoms with Gasteiger partial charge in [0.1, 0.15) is 11.9 Å². The van der Waals surface area contributed by atoms with Gasteiger partial charge in [-0.2, -0.15) is 0 Å². The predicted octanol–water partition coefficient (Wildman–Crippen LogP) is 2.32. The van der Waals surface area contributed by atoms with E-state index < -0.39 is 0 Å². The van der Waals surface area contributed by atoms with E-state index in [1.807, 2.05) is 0 Å². The van der Waals surface area contributed by atoms with Crippen molar-refractivity contribution in [3.63, 3.8) is 0 Å². The smallest absolute Gasteiger partial charge is 0.224 e. The van der Waals surface area contributed by atoms with Crippen LogP contribution < -0.4 is 10.5 Å². The van der Waals surface area contributed by atoms with Crippen LogP contribution in [0.5, 0.6) is 5.88 Å². The maximum absolute atomic E-state index is 7.49. The standard InChI is InChI=1S/C13H19N3O/c1-9-4-2-5-10(8-9)17-13-11(12(14)15)6-3-7-16-13/h3,6-7,9-10H,2,4-5,8H2,1H3,(H3,14,15). The number of aromatic nitrogens is 1. The Hall–Kier alpha value is -1.58. The number of ether oxygens (including phenoxy) is 1. The van der Waals surface area contributed by atoms with E-state index in [9.17, 15) is 0 Å². The molecule has 4 heteroatoms. The van der Waals surface area contributed by atoms with E-state index in [1.54, 1.807) is 18.3 Å². The first-order chi connectivity index (χ1) is 8.16. The van der Waals surface area contributed by atoms with E-state index in [-0.39, 0.29) is 11.9 Å². The van der Waals surface area contributed by atoms with Gasteiger partial charge in [-0.15, -0.1) is 0 Å². The van der Waals surface area contributed by atoms with Crippen molar-refractivity contribution in [3.8, 4) is 5.88 Å². The van der Waals surface area contributed by atoms with Crippen molar-refractivity contribution in [1.29, 1.82) is 5.41 Å². The van der Waals surface area contributed by atoms with Crippen LogP contribution in [-0.2, 0) is 0 Å². The molecule has 1 aliphatic rings. The van der Waals surface area contributed by atoms with Crippen LogP contribution in [0.1, 0.15) is 38.2 Å². The van der Waals surface area contributed by atoms with Gasteiger partial charge in [-0.25, -0.2) is 4.98 Å². The normalized spacial score (nSPS) is 24.3. The van der Waals surface area contributed by atoms with E-state index in [0.717, 1.165) is 12.8 Å². The summed E-state index contributed by atoms with van der Waals surface area (Å²) in [6.07, 6.45) is 6.50. The second-order valence-corrected chi connectivity index (χ2v) is 4.78. The molecule has 0 amide bonds. The minimum absolute atomic E-state index is 0.0111. The Morgan fingerprint density at radius 3 is 3.06 bits per heavy atom. The molecule has 1 saturated carbocycles. The predicted molar refractivity (Wildman–Crippen MR) is 67.3 cm³/mol. The van der Waals surface area contributed by atoms with Crippen LogP contribution >= 0.6 is 0 Å². The van der Waals surface area contributed by atoms with Gasteiger partial charge in [0, 0.05) is 6.20 Å². The molecule has 1 aromatic heterocycles. The lowest BCUT2D eigenvalue weighted by Gasteiger charge is -2.27. The summed E-state index contributed by atoms with van der Waals surface area (Å²) in [4.78, 5) is 4.18. The number of nitrogens with one attached hydrogen (secondary N) is 1. The molecule has 1 aliphatic carbocycles. The molecule has 1 aromatic rings. The molecule has 0 aromatic carbocycles. The lowest BCUT2D eigenvalue weighted by Crippen LogP contribution is -2.26. The monoisotopic (exact) mass is 233 g/mol. The molecule has 0 aliphatic heterocycles. The lowest BCUT2D eigenvalue weighted by molar-refractivity contribution is 0.123. The fourth-order valence-corrected chi connectivity index (χ4v) is 2.33. The van der Waals surface area contributed by atoms with Gasteiger partial charge in [-0.1, -0.05) is 13.3 Å². The van der Waals surface area contributed by atoms with Crippen LogP contribution in [0.3, 0.4) is 0 Å². The molecule has 2 rings (SSSR count). The van der Waals surface area contributed by atoms with E-state index in [0.29, 0.717) is 17.4 Å². The van der Waals surface area contributed by atoms with Crippen molar-refractivity contribution >= 4 is 5.84 Å². The Labute approximate surface area is 102 Å². The molecule has 17 heavy (non-hydrogen) atoms. The zero-order chi connectivity index (χ0) is 12.3. The van der Waals surface area contributed by atoms with Gasteiger partial charge < -0.3 is 10.5 Å². The number of amidine groups is 1. The van der Waals surface area contributed by atoms with E-state index >= 15 is 0 Å². The zero-order valence-electron chi connectivity index (χ0n) is 10.1. The van der Waals surface area contributed by atoms with Crippen molar-refractivity contribution in [1.82, 2.24) is 4.98 Å². The summed E-state index contributed by atoms with van der Waals surface area (Å²) < 4.78 is 5.89. The van der Waals surface area contributed by atoms with Gasteiger partial charge >= 0.3 is 0 Å². The van der Waals surface area contributed by atoms with Gasteiger partial charge in [0.2, 0.25) is 5.88 Å². The number of hydrogen-bond donors (Lipinski definition) is 2. The zero-order valence-corrected chi connectivity index (χ0v) is 10.1. The number of rotatable bonds is 3. The van der Waals surface area contributed by atoms with Crippen molar-refractivity contribution in [3.05, 3.63) is 23.9 Å². The summed E-state index contributed by atoms with van der Waals surface area (Å²) in [5.41, 5.74) is 6.10. The second-order valence-electron chi connectivity index (χ2n) is 4.78. The highest BCUT2D eigenvalue weighted by atomic mass is 16.5. The van der Waals surface area contributed by atoms with Gasteiger partial charge in [0.05, 0.1) is 5.56 Å². The van der Waals surface area contributed by atoms with E-state index in [1.165, 1.54) is 12.8 Å². The van der Waals surface area contributed by atoms with Crippen LogP contribution in [0, 0.1) is 11.3 Å². The molecular weight excluding hydrogens is 214 g/mol. The Kier molecular flexibility index (Phi) is 3.61. The highest BCUT2D eigenvalue weighted by molar-refractivity contribution is 5.96. The number of nitrogen functional groups attached to an aromatic ring is 1. The second kappa shape index (κ2) is 5.17. The van der Waals surface area contributed by atoms with Crippen molar-refractivity contribution in [2.24, 2.45) is 11.7 Å². The molecule has 4 nitrogen and oxygen atoms in total. The summed E-state index contributed by atoms with van der Waals surface area (Å²) in [5.74, 6) is 1.22. The van der Waals surface area contributed by atoms with Crippen LogP contribution in [0.2, 0.25) is 0 Å². The van der Waals surface area contributed by atoms with Crippen LogP contribution in [0.4, 0.5) is 0 Å². The van der Waals surface area contributed by atoms with Crippen LogP contribution in [0.25, 0.3) is 0 Å². The summed E-state index contributed by atoms with van der Waals surface area (Å²) in [7, 11) is 0. The number of nitrogens with two attached hydrogens (primary N) is 1. The molecule has 2 unspecified atom stereocenters. The Bertz CT molecular complexity index is 405. The average molecular weight is 233 g/mol. The molecule has 0 radical (unpaired) electrons. The van der Waals surface area contributed by atoms with Crippen LogP contribution in [-0.4, -0.2) is 16.9 Å². The van der Waals surface area contributed by atoms with Crippen LogP contribution in [0.15, 0.2) is 18.3 Å². The molecule has 92 valence electrons. The molecule has 0 saturated heterocycles. The van der Waals surface area contributed by atoms with Crippen molar-refractivity contribution in [2.45, 2.75) is 38.7 Å². The lowest BCUT2D eigenvalue weighted by atomic mass is 9.89. The Morgan fingerprint density at radius 1 is 1.53 bits per heavy atom. The molecule has 0 spiro atoms. The minimum Gasteiger partial charge on any atom is -0.474 e. The summed E-state index contributed by atoms with van der Waals surface area (Å²) in [6.45, 7) is 2.25. The summed E-state index contributed by atoms with van der Waals surface area (Å²) >= 11 is 0. The largest absolute Gasteiger partial charge is 0.474 e. The maximum atomic E-state index is 7.49. The topological polar surface area (TPSA) is 72.0 Å². The fourth-order valence-electron chi connectivity index (χ4n) is 2.33. The Morgan fingerprint density at radius 2 is 2.35 bits per heavy atom. The Balaban J connectivity index is 2.10. The first-order valence-electron chi connectivity index (χ1n) is 6.13. The maximum Gasteiger partial charge on any atom is 0.224 e. The third kappa shape index (κ3) is 2.96. The average Bonchev–Trinajstić information content (AvgIpc) is 2.29. The fraction of sp³-hybridized carbons (Fsp3) is 0.538. The third-order valence-corrected chi connectivity index (χ3v) is 3.23. The molecule has 0 bridgehead atoms.